The Hall–Kier alpha value is -3.17. The van der Waals surface area contributed by atoms with Crippen molar-refractivity contribution >= 4 is 17.9 Å². The van der Waals surface area contributed by atoms with Crippen molar-refractivity contribution in [3.05, 3.63) is 53.7 Å². The fourth-order valence-corrected chi connectivity index (χ4v) is 2.57. The lowest BCUT2D eigenvalue weighted by Gasteiger charge is -2.29. The van der Waals surface area contributed by atoms with Crippen LogP contribution in [0.15, 0.2) is 36.7 Å². The van der Waals surface area contributed by atoms with Gasteiger partial charge in [0.15, 0.2) is 11.6 Å². The van der Waals surface area contributed by atoms with Gasteiger partial charge >= 0.3 is 18.0 Å². The Morgan fingerprint density at radius 2 is 1.81 bits per heavy atom. The van der Waals surface area contributed by atoms with Crippen molar-refractivity contribution in [1.82, 2.24) is 9.97 Å². The van der Waals surface area contributed by atoms with Crippen molar-refractivity contribution in [2.45, 2.75) is 45.6 Å². The lowest BCUT2D eigenvalue weighted by atomic mass is 10.1. The molecule has 0 unspecified atom stereocenters. The largest absolute Gasteiger partial charge is 0.466 e. The highest BCUT2D eigenvalue weighted by Gasteiger charge is 2.40. The van der Waals surface area contributed by atoms with Crippen LogP contribution < -0.4 is 4.90 Å². The van der Waals surface area contributed by atoms with Gasteiger partial charge in [-0.2, -0.15) is 8.78 Å². The Kier molecular flexibility index (Phi) is 7.59. The van der Waals surface area contributed by atoms with E-state index in [0.717, 1.165) is 12.3 Å². The molecule has 0 saturated carbocycles. The zero-order chi connectivity index (χ0) is 23.2. The van der Waals surface area contributed by atoms with Crippen LogP contribution in [0.3, 0.4) is 0 Å². The van der Waals surface area contributed by atoms with Crippen molar-refractivity contribution in [2.75, 3.05) is 18.1 Å². The smallest absolute Gasteiger partial charge is 0.416 e. The zero-order valence-electron chi connectivity index (χ0n) is 17.7. The number of alkyl halides is 2. The van der Waals surface area contributed by atoms with E-state index in [9.17, 15) is 18.4 Å². The first-order valence-electron chi connectivity index (χ1n) is 9.53. The summed E-state index contributed by atoms with van der Waals surface area (Å²) in [5.41, 5.74) is -1.79. The molecule has 0 atom stereocenters. The average molecular weight is 439 g/mol. The van der Waals surface area contributed by atoms with Crippen molar-refractivity contribution in [1.29, 1.82) is 0 Å². The number of amides is 1. The van der Waals surface area contributed by atoms with Crippen LogP contribution in [0, 0.1) is 5.82 Å². The second-order valence-electron chi connectivity index (χ2n) is 7.58. The number of rotatable bonds is 7. The third-order valence-corrected chi connectivity index (χ3v) is 3.86. The predicted molar refractivity (Wildman–Crippen MR) is 106 cm³/mol. The summed E-state index contributed by atoms with van der Waals surface area (Å²) >= 11 is 0. The van der Waals surface area contributed by atoms with Gasteiger partial charge in [0.25, 0.3) is 0 Å². The maximum Gasteiger partial charge on any atom is 0.416 e. The third-order valence-electron chi connectivity index (χ3n) is 3.86. The highest BCUT2D eigenvalue weighted by Crippen LogP contribution is 2.31. The molecular weight excluding hydrogens is 415 g/mol. The topological polar surface area (TPSA) is 81.6 Å². The van der Waals surface area contributed by atoms with Crippen LogP contribution in [-0.2, 0) is 26.6 Å². The number of anilines is 1. The van der Waals surface area contributed by atoms with Gasteiger partial charge in [-0.15, -0.1) is 0 Å². The van der Waals surface area contributed by atoms with E-state index in [2.05, 4.69) is 9.97 Å². The van der Waals surface area contributed by atoms with E-state index in [1.165, 1.54) is 24.4 Å². The molecule has 0 aliphatic carbocycles. The summed E-state index contributed by atoms with van der Waals surface area (Å²) in [7, 11) is 0. The Balaban J connectivity index is 2.46. The first-order chi connectivity index (χ1) is 14.4. The summed E-state index contributed by atoms with van der Waals surface area (Å²) in [6, 6.07) is 5.13. The SMILES string of the molecule is CCOC(=O)Cc1ccnc(N(CC(F)(F)c2ccccn2)C(=O)OC(C)(C)C)c1F. The molecule has 0 spiro atoms. The molecule has 2 aromatic heterocycles. The van der Waals surface area contributed by atoms with E-state index < -0.39 is 53.9 Å². The fraction of sp³-hybridized carbons (Fsp3) is 0.429. The summed E-state index contributed by atoms with van der Waals surface area (Å²) < 4.78 is 54.9. The molecule has 2 heterocycles. The normalized spacial score (nSPS) is 11.7. The van der Waals surface area contributed by atoms with E-state index in [1.807, 2.05) is 0 Å². The highest BCUT2D eigenvalue weighted by atomic mass is 19.3. The van der Waals surface area contributed by atoms with E-state index in [-0.39, 0.29) is 12.2 Å². The zero-order valence-corrected chi connectivity index (χ0v) is 17.7. The van der Waals surface area contributed by atoms with Crippen molar-refractivity contribution in [3.63, 3.8) is 0 Å². The Labute approximate surface area is 178 Å². The van der Waals surface area contributed by atoms with E-state index in [4.69, 9.17) is 9.47 Å². The van der Waals surface area contributed by atoms with Crippen LogP contribution in [0.5, 0.6) is 0 Å². The van der Waals surface area contributed by atoms with Crippen LogP contribution in [0.4, 0.5) is 23.8 Å². The van der Waals surface area contributed by atoms with Gasteiger partial charge in [-0.05, 0) is 45.9 Å². The molecule has 31 heavy (non-hydrogen) atoms. The van der Waals surface area contributed by atoms with E-state index in [1.54, 1.807) is 27.7 Å². The number of carbonyl (C=O) groups is 2. The van der Waals surface area contributed by atoms with Gasteiger partial charge in [-0.3, -0.25) is 14.7 Å². The molecule has 0 aliphatic heterocycles. The first-order valence-corrected chi connectivity index (χ1v) is 9.53. The maximum atomic E-state index is 15.1. The summed E-state index contributed by atoms with van der Waals surface area (Å²) in [4.78, 5) is 32.2. The van der Waals surface area contributed by atoms with Crippen LogP contribution in [-0.4, -0.2) is 40.8 Å². The Morgan fingerprint density at radius 3 is 2.39 bits per heavy atom. The molecule has 0 fully saturated rings. The number of ether oxygens (including phenoxy) is 2. The number of carbonyl (C=O) groups excluding carboxylic acids is 2. The number of esters is 1. The predicted octanol–water partition coefficient (Wildman–Crippen LogP) is 4.25. The molecule has 0 bridgehead atoms. The van der Waals surface area contributed by atoms with E-state index in [0.29, 0.717) is 4.90 Å². The summed E-state index contributed by atoms with van der Waals surface area (Å²) in [5.74, 6) is -6.13. The van der Waals surface area contributed by atoms with Crippen molar-refractivity contribution in [2.24, 2.45) is 0 Å². The number of nitrogens with zero attached hydrogens (tertiary/aromatic N) is 3. The fourth-order valence-electron chi connectivity index (χ4n) is 2.57. The number of pyridine rings is 2. The van der Waals surface area contributed by atoms with Gasteiger partial charge in [-0.1, -0.05) is 6.07 Å². The third kappa shape index (κ3) is 6.66. The minimum Gasteiger partial charge on any atom is -0.466 e. The molecule has 7 nitrogen and oxygen atoms in total. The van der Waals surface area contributed by atoms with Crippen LogP contribution in [0.1, 0.15) is 39.0 Å². The molecule has 0 N–H and O–H groups in total. The Bertz CT molecular complexity index is 918. The molecule has 10 heteroatoms. The van der Waals surface area contributed by atoms with E-state index >= 15 is 4.39 Å². The van der Waals surface area contributed by atoms with Gasteiger partial charge in [0.05, 0.1) is 13.0 Å². The quantitative estimate of drug-likeness (QED) is 0.600. The molecule has 168 valence electrons. The van der Waals surface area contributed by atoms with Crippen LogP contribution >= 0.6 is 0 Å². The molecular formula is C21H24F3N3O4. The number of halogens is 3. The van der Waals surface area contributed by atoms with Crippen LogP contribution in [0.2, 0.25) is 0 Å². The minimum atomic E-state index is -3.64. The van der Waals surface area contributed by atoms with Gasteiger partial charge in [0.2, 0.25) is 0 Å². The monoisotopic (exact) mass is 439 g/mol. The Morgan fingerprint density at radius 1 is 1.10 bits per heavy atom. The number of hydrogen-bond acceptors (Lipinski definition) is 6. The molecule has 0 saturated heterocycles. The molecule has 2 rings (SSSR count). The standard InChI is InChI=1S/C21H24F3N3O4/c1-5-30-16(28)12-14-9-11-26-18(17(14)22)27(19(29)31-20(2,3)4)13-21(23,24)15-8-6-7-10-25-15/h6-11H,5,12-13H2,1-4H3. The summed E-state index contributed by atoms with van der Waals surface area (Å²) in [6.07, 6.45) is 0.625. The van der Waals surface area contributed by atoms with Crippen molar-refractivity contribution < 1.29 is 32.2 Å². The molecule has 0 aromatic carbocycles. The summed E-state index contributed by atoms with van der Waals surface area (Å²) in [5, 5.41) is 0. The number of aromatic nitrogens is 2. The second-order valence-corrected chi connectivity index (χ2v) is 7.58. The highest BCUT2D eigenvalue weighted by molar-refractivity contribution is 5.87. The molecule has 0 radical (unpaired) electrons. The average Bonchev–Trinajstić information content (AvgIpc) is 2.67. The first kappa shape index (κ1) is 24.1. The van der Waals surface area contributed by atoms with Gasteiger partial charge < -0.3 is 9.47 Å². The maximum absolute atomic E-state index is 15.1. The lowest BCUT2D eigenvalue weighted by Crippen LogP contribution is -2.44. The molecule has 2 aromatic rings. The second kappa shape index (κ2) is 9.76. The lowest BCUT2D eigenvalue weighted by molar-refractivity contribution is -0.142. The van der Waals surface area contributed by atoms with Crippen molar-refractivity contribution in [3.8, 4) is 0 Å². The molecule has 1 amide bonds. The van der Waals surface area contributed by atoms with Crippen LogP contribution in [0.25, 0.3) is 0 Å². The minimum absolute atomic E-state index is 0.0960. The van der Waals surface area contributed by atoms with Gasteiger partial charge in [-0.25, -0.2) is 14.2 Å². The van der Waals surface area contributed by atoms with Gasteiger partial charge in [0.1, 0.15) is 17.8 Å². The van der Waals surface area contributed by atoms with Gasteiger partial charge in [0, 0.05) is 18.0 Å². The number of hydrogen-bond donors (Lipinski definition) is 0. The summed E-state index contributed by atoms with van der Waals surface area (Å²) in [6.45, 7) is 5.05. The molecule has 0 aliphatic rings.